The van der Waals surface area contributed by atoms with Crippen molar-refractivity contribution in [3.63, 3.8) is 0 Å². The van der Waals surface area contributed by atoms with Crippen LogP contribution >= 0.6 is 0 Å². The van der Waals surface area contributed by atoms with E-state index in [9.17, 15) is 4.79 Å². The Morgan fingerprint density at radius 3 is 2.31 bits per heavy atom. The maximum Gasteiger partial charge on any atom is 0.360 e. The van der Waals surface area contributed by atoms with E-state index in [-0.39, 0.29) is 11.7 Å². The van der Waals surface area contributed by atoms with Crippen LogP contribution in [-0.2, 0) is 4.74 Å². The molecule has 5 heteroatoms. The number of hydrogen-bond acceptors (Lipinski definition) is 5. The van der Waals surface area contributed by atoms with Crippen LogP contribution in [0.5, 0.6) is 0 Å². The Kier molecular flexibility index (Phi) is 5.16. The van der Waals surface area contributed by atoms with E-state index >= 15 is 0 Å². The van der Waals surface area contributed by atoms with Crippen molar-refractivity contribution in [2.75, 3.05) is 11.9 Å². The predicted molar refractivity (Wildman–Crippen MR) is 103 cm³/mol. The second-order valence-corrected chi connectivity index (χ2v) is 6.34. The van der Waals surface area contributed by atoms with Gasteiger partial charge in [-0.1, -0.05) is 30.3 Å². The molecule has 0 spiro atoms. The van der Waals surface area contributed by atoms with E-state index in [1.165, 1.54) is 0 Å². The summed E-state index contributed by atoms with van der Waals surface area (Å²) in [7, 11) is 0. The Morgan fingerprint density at radius 1 is 1.08 bits per heavy atom. The first-order chi connectivity index (χ1) is 12.5. The molecule has 1 aromatic heterocycles. The van der Waals surface area contributed by atoms with E-state index in [1.54, 1.807) is 6.92 Å². The molecule has 1 atom stereocenters. The molecule has 0 bridgehead atoms. The topological polar surface area (TPSA) is 64.1 Å². The molecule has 3 aromatic rings. The predicted octanol–water partition coefficient (Wildman–Crippen LogP) is 4.60. The second-order valence-electron chi connectivity index (χ2n) is 6.34. The number of carbonyl (C=O) groups is 1. The molecule has 0 radical (unpaired) electrons. The largest absolute Gasteiger partial charge is 0.461 e. The van der Waals surface area contributed by atoms with Crippen molar-refractivity contribution < 1.29 is 9.53 Å². The third-order valence-corrected chi connectivity index (χ3v) is 4.40. The molecule has 0 aliphatic rings. The molecule has 1 unspecified atom stereocenters. The number of nitrogens with zero attached hydrogens (tertiary/aromatic N) is 2. The zero-order chi connectivity index (χ0) is 18.7. The molecule has 134 valence electrons. The summed E-state index contributed by atoms with van der Waals surface area (Å²) in [4.78, 5) is 21.6. The molecule has 3 rings (SSSR count). The molecule has 26 heavy (non-hydrogen) atoms. The third-order valence-electron chi connectivity index (χ3n) is 4.40. The fourth-order valence-corrected chi connectivity index (χ4v) is 2.78. The van der Waals surface area contributed by atoms with Gasteiger partial charge in [0.1, 0.15) is 0 Å². The van der Waals surface area contributed by atoms with E-state index in [2.05, 4.69) is 15.3 Å². The van der Waals surface area contributed by atoms with Gasteiger partial charge in [0.05, 0.1) is 23.7 Å². The first-order valence-corrected chi connectivity index (χ1v) is 8.77. The van der Waals surface area contributed by atoms with Crippen molar-refractivity contribution in [3.8, 4) is 0 Å². The first kappa shape index (κ1) is 17.9. The van der Waals surface area contributed by atoms with Crippen LogP contribution < -0.4 is 5.32 Å². The zero-order valence-electron chi connectivity index (χ0n) is 15.5. The highest BCUT2D eigenvalue weighted by Crippen LogP contribution is 2.24. The quantitative estimate of drug-likeness (QED) is 0.682. The molecule has 1 heterocycles. The van der Waals surface area contributed by atoms with Crippen LogP contribution in [0.4, 0.5) is 5.82 Å². The minimum absolute atomic E-state index is 0.0253. The fraction of sp³-hybridized carbons (Fsp3) is 0.286. The van der Waals surface area contributed by atoms with Crippen LogP contribution in [0.15, 0.2) is 42.5 Å². The molecular weight excluding hydrogens is 326 g/mol. The molecule has 2 aromatic carbocycles. The summed E-state index contributed by atoms with van der Waals surface area (Å²) in [5, 5.41) is 3.32. The third kappa shape index (κ3) is 3.67. The van der Waals surface area contributed by atoms with Crippen LogP contribution in [0.3, 0.4) is 0 Å². The number of benzene rings is 2. The summed E-state index contributed by atoms with van der Waals surface area (Å²) < 4.78 is 5.18. The van der Waals surface area contributed by atoms with Gasteiger partial charge in [-0.3, -0.25) is 0 Å². The van der Waals surface area contributed by atoms with Gasteiger partial charge in [-0.25, -0.2) is 14.8 Å². The number of fused-ring (bicyclic) bond motifs is 1. The molecule has 0 aliphatic heterocycles. The molecule has 1 N–H and O–H groups in total. The summed E-state index contributed by atoms with van der Waals surface area (Å²) in [6.45, 7) is 8.15. The van der Waals surface area contributed by atoms with Gasteiger partial charge in [-0.15, -0.1) is 0 Å². The maximum absolute atomic E-state index is 12.4. The summed E-state index contributed by atoms with van der Waals surface area (Å²) in [6, 6.07) is 13.9. The molecule has 0 aliphatic carbocycles. The van der Waals surface area contributed by atoms with Gasteiger partial charge in [0.2, 0.25) is 0 Å². The van der Waals surface area contributed by atoms with Crippen molar-refractivity contribution in [1.82, 2.24) is 9.97 Å². The number of rotatable bonds is 5. The van der Waals surface area contributed by atoms with Crippen LogP contribution in [-0.4, -0.2) is 22.5 Å². The van der Waals surface area contributed by atoms with Crippen LogP contribution in [0.25, 0.3) is 11.0 Å². The van der Waals surface area contributed by atoms with Gasteiger partial charge < -0.3 is 10.1 Å². The lowest BCUT2D eigenvalue weighted by molar-refractivity contribution is 0.0520. The SMILES string of the molecule is CCOC(=O)c1nc2cc(C)c(C)cc2nc1NC(C)c1ccccc1. The van der Waals surface area contributed by atoms with Gasteiger partial charge in [0, 0.05) is 0 Å². The molecule has 0 amide bonds. The Balaban J connectivity index is 2.07. The average molecular weight is 349 g/mol. The average Bonchev–Trinajstić information content (AvgIpc) is 2.63. The van der Waals surface area contributed by atoms with E-state index in [0.29, 0.717) is 17.9 Å². The molecule has 0 saturated heterocycles. The standard InChI is InChI=1S/C21H23N3O2/c1-5-26-21(25)19-20(22-15(4)16-9-7-6-8-10-16)24-18-12-14(3)13(2)11-17(18)23-19/h6-12,15H,5H2,1-4H3,(H,22,24). The van der Waals surface area contributed by atoms with Crippen molar-refractivity contribution in [3.05, 3.63) is 64.8 Å². The fourth-order valence-electron chi connectivity index (χ4n) is 2.78. The van der Waals surface area contributed by atoms with Crippen molar-refractivity contribution in [2.24, 2.45) is 0 Å². The number of carbonyl (C=O) groups excluding carboxylic acids is 1. The van der Waals surface area contributed by atoms with E-state index in [4.69, 9.17) is 4.74 Å². The normalized spacial score (nSPS) is 12.0. The monoisotopic (exact) mass is 349 g/mol. The number of anilines is 1. The Labute approximate surface area is 153 Å². The summed E-state index contributed by atoms with van der Waals surface area (Å²) >= 11 is 0. The Hall–Kier alpha value is -2.95. The van der Waals surface area contributed by atoms with Crippen molar-refractivity contribution in [1.29, 1.82) is 0 Å². The number of nitrogens with one attached hydrogen (secondary N) is 1. The number of aryl methyl sites for hydroxylation is 2. The van der Waals surface area contributed by atoms with Gasteiger partial charge in [0.25, 0.3) is 0 Å². The van der Waals surface area contributed by atoms with Gasteiger partial charge in [-0.2, -0.15) is 0 Å². The minimum atomic E-state index is -0.470. The smallest absolute Gasteiger partial charge is 0.360 e. The minimum Gasteiger partial charge on any atom is -0.461 e. The van der Waals surface area contributed by atoms with Gasteiger partial charge >= 0.3 is 5.97 Å². The van der Waals surface area contributed by atoms with Crippen LogP contribution in [0.1, 0.15) is 47.1 Å². The maximum atomic E-state index is 12.4. The molecule has 0 fully saturated rings. The summed E-state index contributed by atoms with van der Waals surface area (Å²) in [5.41, 5.74) is 5.00. The van der Waals surface area contributed by atoms with Gasteiger partial charge in [-0.05, 0) is 56.5 Å². The molecule has 5 nitrogen and oxygen atoms in total. The summed E-state index contributed by atoms with van der Waals surface area (Å²) in [6.07, 6.45) is 0. The lowest BCUT2D eigenvalue weighted by Crippen LogP contribution is -2.16. The number of hydrogen-bond donors (Lipinski definition) is 1. The Bertz CT molecular complexity index is 939. The van der Waals surface area contributed by atoms with E-state index in [1.807, 2.05) is 63.2 Å². The zero-order valence-corrected chi connectivity index (χ0v) is 15.5. The number of ether oxygens (including phenoxy) is 1. The molecular formula is C21H23N3O2. The highest BCUT2D eigenvalue weighted by atomic mass is 16.5. The van der Waals surface area contributed by atoms with Crippen LogP contribution in [0.2, 0.25) is 0 Å². The van der Waals surface area contributed by atoms with E-state index in [0.717, 1.165) is 22.2 Å². The first-order valence-electron chi connectivity index (χ1n) is 8.77. The van der Waals surface area contributed by atoms with Crippen molar-refractivity contribution >= 4 is 22.8 Å². The van der Waals surface area contributed by atoms with Crippen molar-refractivity contribution in [2.45, 2.75) is 33.7 Å². The van der Waals surface area contributed by atoms with E-state index < -0.39 is 5.97 Å². The Morgan fingerprint density at radius 2 is 1.69 bits per heavy atom. The lowest BCUT2D eigenvalue weighted by atomic mass is 10.1. The highest BCUT2D eigenvalue weighted by molar-refractivity contribution is 5.95. The van der Waals surface area contributed by atoms with Gasteiger partial charge in [0.15, 0.2) is 11.5 Å². The lowest BCUT2D eigenvalue weighted by Gasteiger charge is -2.17. The second kappa shape index (κ2) is 7.52. The summed E-state index contributed by atoms with van der Waals surface area (Å²) in [5.74, 6) is -0.0292. The van der Waals surface area contributed by atoms with Crippen LogP contribution in [0, 0.1) is 13.8 Å². The highest BCUT2D eigenvalue weighted by Gasteiger charge is 2.20. The number of esters is 1. The molecule has 0 saturated carbocycles. The number of aromatic nitrogens is 2.